The van der Waals surface area contributed by atoms with Crippen LogP contribution in [0.15, 0.2) is 30.3 Å². The van der Waals surface area contributed by atoms with Crippen molar-refractivity contribution in [1.82, 2.24) is 15.2 Å². The van der Waals surface area contributed by atoms with Crippen LogP contribution in [0.25, 0.3) is 0 Å². The number of rotatable bonds is 5. The SMILES string of the molecule is O=C(NNC(=O)C1CCCN(S(=O)(=O)Cc2ccccc2)C1)C1CC1. The lowest BCUT2D eigenvalue weighted by Gasteiger charge is -2.31. The van der Waals surface area contributed by atoms with E-state index in [1.807, 2.05) is 6.07 Å². The van der Waals surface area contributed by atoms with Crippen LogP contribution in [0, 0.1) is 11.8 Å². The number of hydrazine groups is 1. The molecule has 2 N–H and O–H groups in total. The number of piperidine rings is 1. The summed E-state index contributed by atoms with van der Waals surface area (Å²) in [6.45, 7) is 0.577. The van der Waals surface area contributed by atoms with Crippen molar-refractivity contribution in [2.24, 2.45) is 11.8 Å². The van der Waals surface area contributed by atoms with Gasteiger partial charge in [-0.2, -0.15) is 0 Å². The van der Waals surface area contributed by atoms with Gasteiger partial charge in [0.25, 0.3) is 0 Å². The second kappa shape index (κ2) is 7.53. The summed E-state index contributed by atoms with van der Waals surface area (Å²) in [7, 11) is -3.47. The third-order valence-corrected chi connectivity index (χ3v) is 6.41. The molecule has 136 valence electrons. The second-order valence-corrected chi connectivity index (χ2v) is 8.66. The van der Waals surface area contributed by atoms with Gasteiger partial charge in [0.2, 0.25) is 21.8 Å². The minimum Gasteiger partial charge on any atom is -0.273 e. The van der Waals surface area contributed by atoms with Crippen LogP contribution in [-0.2, 0) is 25.4 Å². The van der Waals surface area contributed by atoms with Crippen molar-refractivity contribution in [3.8, 4) is 0 Å². The van der Waals surface area contributed by atoms with Gasteiger partial charge in [-0.05, 0) is 31.2 Å². The molecule has 8 heteroatoms. The van der Waals surface area contributed by atoms with Gasteiger partial charge in [0.1, 0.15) is 0 Å². The number of carbonyl (C=O) groups is 2. The molecule has 0 bridgehead atoms. The zero-order valence-electron chi connectivity index (χ0n) is 14.0. The van der Waals surface area contributed by atoms with Gasteiger partial charge in [0.15, 0.2) is 0 Å². The van der Waals surface area contributed by atoms with Crippen LogP contribution in [-0.4, -0.2) is 37.6 Å². The van der Waals surface area contributed by atoms with Crippen molar-refractivity contribution in [2.75, 3.05) is 13.1 Å². The number of hydrogen-bond donors (Lipinski definition) is 2. The highest BCUT2D eigenvalue weighted by Crippen LogP contribution is 2.28. The van der Waals surface area contributed by atoms with E-state index in [4.69, 9.17) is 0 Å². The third-order valence-electron chi connectivity index (χ3n) is 4.60. The summed E-state index contributed by atoms with van der Waals surface area (Å²) >= 11 is 0. The lowest BCUT2D eigenvalue weighted by molar-refractivity contribution is -0.132. The Morgan fingerprint density at radius 1 is 1.00 bits per heavy atom. The Balaban J connectivity index is 1.56. The predicted molar refractivity (Wildman–Crippen MR) is 92.4 cm³/mol. The number of sulfonamides is 1. The average molecular weight is 365 g/mol. The number of nitrogens with zero attached hydrogens (tertiary/aromatic N) is 1. The molecule has 1 atom stereocenters. The molecule has 0 spiro atoms. The zero-order chi connectivity index (χ0) is 17.9. The molecule has 25 heavy (non-hydrogen) atoms. The van der Waals surface area contributed by atoms with E-state index >= 15 is 0 Å². The average Bonchev–Trinajstić information content (AvgIpc) is 3.45. The van der Waals surface area contributed by atoms with Gasteiger partial charge in [0.05, 0.1) is 11.7 Å². The Hall–Kier alpha value is -1.93. The normalized spacial score (nSPS) is 21.5. The van der Waals surface area contributed by atoms with Crippen molar-refractivity contribution < 1.29 is 18.0 Å². The molecule has 1 aliphatic heterocycles. The van der Waals surface area contributed by atoms with Gasteiger partial charge in [0, 0.05) is 19.0 Å². The molecule has 1 heterocycles. The Kier molecular flexibility index (Phi) is 5.39. The van der Waals surface area contributed by atoms with Crippen LogP contribution >= 0.6 is 0 Å². The van der Waals surface area contributed by atoms with Crippen molar-refractivity contribution in [3.63, 3.8) is 0 Å². The summed E-state index contributed by atoms with van der Waals surface area (Å²) in [6, 6.07) is 9.01. The van der Waals surface area contributed by atoms with E-state index < -0.39 is 15.9 Å². The fraction of sp³-hybridized carbons (Fsp3) is 0.529. The van der Waals surface area contributed by atoms with Crippen molar-refractivity contribution in [2.45, 2.75) is 31.4 Å². The molecule has 2 aliphatic rings. The highest BCUT2D eigenvalue weighted by Gasteiger charge is 2.34. The summed E-state index contributed by atoms with van der Waals surface area (Å²) in [6.07, 6.45) is 2.96. The quantitative estimate of drug-likeness (QED) is 0.754. The first-order chi connectivity index (χ1) is 12.0. The highest BCUT2D eigenvalue weighted by molar-refractivity contribution is 7.88. The van der Waals surface area contributed by atoms with E-state index in [1.54, 1.807) is 24.3 Å². The molecule has 1 aromatic carbocycles. The molecule has 3 rings (SSSR count). The molecule has 2 fully saturated rings. The summed E-state index contributed by atoms with van der Waals surface area (Å²) in [5.74, 6) is -1.000. The Morgan fingerprint density at radius 2 is 1.64 bits per heavy atom. The fourth-order valence-corrected chi connectivity index (χ4v) is 4.57. The number of amides is 2. The first-order valence-electron chi connectivity index (χ1n) is 8.57. The second-order valence-electron chi connectivity index (χ2n) is 6.69. The van der Waals surface area contributed by atoms with Crippen LogP contribution < -0.4 is 10.9 Å². The standard InChI is InChI=1S/C17H23N3O4S/c21-16(14-8-9-14)18-19-17(22)15-7-4-10-20(11-15)25(23,24)12-13-5-2-1-3-6-13/h1-3,5-6,14-15H,4,7-12H2,(H,18,21)(H,19,22). The number of nitrogens with one attached hydrogen (secondary N) is 2. The molecule has 7 nitrogen and oxygen atoms in total. The third kappa shape index (κ3) is 4.79. The van der Waals surface area contributed by atoms with Gasteiger partial charge in [-0.1, -0.05) is 30.3 Å². The van der Waals surface area contributed by atoms with E-state index in [2.05, 4.69) is 10.9 Å². The fourth-order valence-electron chi connectivity index (χ4n) is 2.96. The van der Waals surface area contributed by atoms with E-state index in [0.29, 0.717) is 19.4 Å². The van der Waals surface area contributed by atoms with Crippen LogP contribution in [0.1, 0.15) is 31.2 Å². The Morgan fingerprint density at radius 3 is 2.28 bits per heavy atom. The van der Waals surface area contributed by atoms with Crippen molar-refractivity contribution in [1.29, 1.82) is 0 Å². The van der Waals surface area contributed by atoms with Gasteiger partial charge in [-0.15, -0.1) is 0 Å². The van der Waals surface area contributed by atoms with Crippen molar-refractivity contribution >= 4 is 21.8 Å². The van der Waals surface area contributed by atoms with Gasteiger partial charge < -0.3 is 0 Å². The smallest absolute Gasteiger partial charge is 0.242 e. The van der Waals surface area contributed by atoms with Gasteiger partial charge in [-0.25, -0.2) is 12.7 Å². The summed E-state index contributed by atoms with van der Waals surface area (Å²) in [5, 5.41) is 0. The van der Waals surface area contributed by atoms with Crippen LogP contribution in [0.4, 0.5) is 0 Å². The predicted octanol–water partition coefficient (Wildman–Crippen LogP) is 0.786. The monoisotopic (exact) mass is 365 g/mol. The van der Waals surface area contributed by atoms with Gasteiger partial charge >= 0.3 is 0 Å². The lowest BCUT2D eigenvalue weighted by Crippen LogP contribution is -2.50. The number of benzene rings is 1. The summed E-state index contributed by atoms with van der Waals surface area (Å²) in [4.78, 5) is 23.8. The molecule has 1 aromatic rings. The molecule has 1 aliphatic carbocycles. The molecular formula is C17H23N3O4S. The van der Waals surface area contributed by atoms with E-state index in [-0.39, 0.29) is 30.0 Å². The molecule has 0 aromatic heterocycles. The number of carbonyl (C=O) groups excluding carboxylic acids is 2. The van der Waals surface area contributed by atoms with E-state index in [0.717, 1.165) is 18.4 Å². The van der Waals surface area contributed by atoms with E-state index in [1.165, 1.54) is 4.31 Å². The molecule has 1 saturated carbocycles. The summed E-state index contributed by atoms with van der Waals surface area (Å²) < 4.78 is 26.6. The molecule has 1 unspecified atom stereocenters. The summed E-state index contributed by atoms with van der Waals surface area (Å²) in [5.41, 5.74) is 5.59. The topological polar surface area (TPSA) is 95.6 Å². The van der Waals surface area contributed by atoms with Gasteiger partial charge in [-0.3, -0.25) is 20.4 Å². The van der Waals surface area contributed by atoms with Crippen LogP contribution in [0.5, 0.6) is 0 Å². The Labute approximate surface area is 147 Å². The zero-order valence-corrected chi connectivity index (χ0v) is 14.8. The number of hydrogen-bond acceptors (Lipinski definition) is 4. The largest absolute Gasteiger partial charge is 0.273 e. The molecule has 2 amide bonds. The van der Waals surface area contributed by atoms with Crippen LogP contribution in [0.2, 0.25) is 0 Å². The minimum absolute atomic E-state index is 0.00871. The molecular weight excluding hydrogens is 342 g/mol. The first kappa shape index (κ1) is 17.9. The lowest BCUT2D eigenvalue weighted by atomic mass is 9.99. The van der Waals surface area contributed by atoms with Crippen LogP contribution in [0.3, 0.4) is 0 Å². The maximum atomic E-state index is 12.6. The Bertz CT molecular complexity index is 732. The molecule has 1 saturated heterocycles. The maximum Gasteiger partial charge on any atom is 0.242 e. The van der Waals surface area contributed by atoms with Crippen molar-refractivity contribution in [3.05, 3.63) is 35.9 Å². The maximum absolute atomic E-state index is 12.6. The molecule has 0 radical (unpaired) electrons. The van der Waals surface area contributed by atoms with E-state index in [9.17, 15) is 18.0 Å². The first-order valence-corrected chi connectivity index (χ1v) is 10.2. The highest BCUT2D eigenvalue weighted by atomic mass is 32.2. The minimum atomic E-state index is -3.47.